The average Bonchev–Trinajstić information content (AvgIpc) is 2.45. The first kappa shape index (κ1) is 21.8. The fraction of sp³-hybridized carbons (Fsp3) is 0.944. The fourth-order valence-electron chi connectivity index (χ4n) is 3.07. The predicted molar refractivity (Wildman–Crippen MR) is 104 cm³/mol. The third-order valence-corrected chi connectivity index (χ3v) is 7.93. The topological polar surface area (TPSA) is 54.5 Å². The number of nitrogens with zero attached hydrogens (tertiary/aromatic N) is 1. The predicted octanol–water partition coefficient (Wildman–Crippen LogP) is 3.61. The van der Waals surface area contributed by atoms with Gasteiger partial charge in [-0.05, 0) is 38.4 Å². The number of unbranched alkanes of at least 4 members (excludes halogenated alkanes) is 1. The minimum atomic E-state index is -2.95. The van der Waals surface area contributed by atoms with Crippen LogP contribution in [0.2, 0.25) is 0 Å². The molecule has 6 heteroatoms. The Balaban J connectivity index is 2.70. The third kappa shape index (κ3) is 6.95. The Hall–Kier alpha value is -0.230. The molecule has 1 aliphatic heterocycles. The molecule has 0 spiro atoms. The average molecular weight is 378 g/mol. The smallest absolute Gasteiger partial charge is 0.227 e. The summed E-state index contributed by atoms with van der Waals surface area (Å²) in [6, 6.07) is 0. The van der Waals surface area contributed by atoms with Gasteiger partial charge in [-0.25, -0.2) is 8.42 Å². The zero-order valence-electron chi connectivity index (χ0n) is 16.2. The maximum Gasteiger partial charge on any atom is 0.227 e. The number of carbonyl (C=O) groups is 1. The monoisotopic (exact) mass is 377 g/mol. The molecular weight excluding hydrogens is 342 g/mol. The van der Waals surface area contributed by atoms with Crippen LogP contribution >= 0.6 is 11.8 Å². The van der Waals surface area contributed by atoms with E-state index in [-0.39, 0.29) is 28.1 Å². The van der Waals surface area contributed by atoms with Gasteiger partial charge in [0.25, 0.3) is 0 Å². The lowest BCUT2D eigenvalue weighted by atomic mass is 9.85. The van der Waals surface area contributed by atoms with Crippen molar-refractivity contribution in [2.45, 2.75) is 65.0 Å². The van der Waals surface area contributed by atoms with Crippen LogP contribution in [0.3, 0.4) is 0 Å². The van der Waals surface area contributed by atoms with E-state index in [4.69, 9.17) is 0 Å². The van der Waals surface area contributed by atoms with E-state index in [1.807, 2.05) is 0 Å². The molecule has 142 valence electrons. The van der Waals surface area contributed by atoms with Crippen LogP contribution in [0, 0.1) is 11.3 Å². The molecule has 4 nitrogen and oxygen atoms in total. The maximum atomic E-state index is 13.0. The molecule has 0 aromatic rings. The first-order chi connectivity index (χ1) is 10.9. The van der Waals surface area contributed by atoms with Crippen molar-refractivity contribution < 1.29 is 13.2 Å². The van der Waals surface area contributed by atoms with E-state index in [2.05, 4.69) is 40.9 Å². The Morgan fingerprint density at radius 3 is 2.08 bits per heavy atom. The van der Waals surface area contributed by atoms with Crippen molar-refractivity contribution in [2.75, 3.05) is 30.9 Å². The molecule has 1 atom stereocenters. The second-order valence-corrected chi connectivity index (χ2v) is 12.4. The lowest BCUT2D eigenvalue weighted by molar-refractivity contribution is -0.136. The molecule has 0 bridgehead atoms. The number of hydrogen-bond acceptors (Lipinski definition) is 4. The minimum absolute atomic E-state index is 0.0479. The largest absolute Gasteiger partial charge is 0.340 e. The van der Waals surface area contributed by atoms with Crippen molar-refractivity contribution in [3.05, 3.63) is 0 Å². The number of carbonyl (C=O) groups excluding carboxylic acids is 1. The summed E-state index contributed by atoms with van der Waals surface area (Å²) in [7, 11) is -2.95. The van der Waals surface area contributed by atoms with Crippen molar-refractivity contribution in [2.24, 2.45) is 11.3 Å². The first-order valence-corrected chi connectivity index (χ1v) is 12.0. The van der Waals surface area contributed by atoms with E-state index in [9.17, 15) is 13.2 Å². The number of rotatable bonds is 7. The van der Waals surface area contributed by atoms with Crippen molar-refractivity contribution >= 4 is 27.5 Å². The summed E-state index contributed by atoms with van der Waals surface area (Å²) < 4.78 is 23.1. The van der Waals surface area contributed by atoms with Crippen molar-refractivity contribution in [1.29, 1.82) is 0 Å². The van der Waals surface area contributed by atoms with Crippen LogP contribution in [-0.4, -0.2) is 54.8 Å². The van der Waals surface area contributed by atoms with Gasteiger partial charge in [-0.1, -0.05) is 33.6 Å². The molecule has 1 unspecified atom stereocenters. The summed E-state index contributed by atoms with van der Waals surface area (Å²) in [5, 5.41) is 0. The van der Waals surface area contributed by atoms with Crippen molar-refractivity contribution in [1.82, 2.24) is 4.90 Å². The first-order valence-electron chi connectivity index (χ1n) is 8.92. The van der Waals surface area contributed by atoms with Crippen LogP contribution in [0.1, 0.15) is 60.3 Å². The third-order valence-electron chi connectivity index (χ3n) is 4.99. The highest BCUT2D eigenvalue weighted by atomic mass is 32.2. The van der Waals surface area contributed by atoms with Crippen LogP contribution in [0.25, 0.3) is 0 Å². The van der Waals surface area contributed by atoms with Gasteiger partial charge in [-0.2, -0.15) is 11.8 Å². The van der Waals surface area contributed by atoms with E-state index < -0.39 is 9.84 Å². The molecule has 1 fully saturated rings. The lowest BCUT2D eigenvalue weighted by Gasteiger charge is -2.37. The highest BCUT2D eigenvalue weighted by Crippen LogP contribution is 2.36. The van der Waals surface area contributed by atoms with Gasteiger partial charge in [-0.15, -0.1) is 0 Å². The minimum Gasteiger partial charge on any atom is -0.340 e. The molecular formula is C18H35NO3S2. The summed E-state index contributed by atoms with van der Waals surface area (Å²) in [6.07, 6.45) is 6.27. The van der Waals surface area contributed by atoms with Gasteiger partial charge in [0, 0.05) is 17.8 Å². The fourth-order valence-corrected chi connectivity index (χ4v) is 4.77. The molecule has 0 aromatic heterocycles. The Kier molecular flexibility index (Phi) is 7.67. The van der Waals surface area contributed by atoms with Gasteiger partial charge in [0.1, 0.15) is 0 Å². The Morgan fingerprint density at radius 1 is 1.08 bits per heavy atom. The second kappa shape index (κ2) is 8.43. The molecule has 1 heterocycles. The zero-order chi connectivity index (χ0) is 18.6. The molecule has 0 aliphatic carbocycles. The quantitative estimate of drug-likeness (QED) is 0.636. The summed E-state index contributed by atoms with van der Waals surface area (Å²) in [5.74, 6) is 0.304. The number of hydrogen-bond donors (Lipinski definition) is 0. The standard InChI is InChI=1S/C18H35NO3S2/c1-17(2,3)10-8-7-9-15(18(4,5)23-6)16(20)19-11-13-24(21,22)14-12-19/h15H,7-14H2,1-6H3. The van der Waals surface area contributed by atoms with E-state index in [0.717, 1.165) is 25.7 Å². The summed E-state index contributed by atoms with van der Waals surface area (Å²) >= 11 is 1.73. The van der Waals surface area contributed by atoms with E-state index >= 15 is 0 Å². The highest BCUT2D eigenvalue weighted by Gasteiger charge is 2.38. The van der Waals surface area contributed by atoms with Gasteiger partial charge >= 0.3 is 0 Å². The summed E-state index contributed by atoms with van der Waals surface area (Å²) in [6.45, 7) is 11.7. The van der Waals surface area contributed by atoms with Crippen LogP contribution in [0.15, 0.2) is 0 Å². The Labute approximate surface area is 153 Å². The zero-order valence-corrected chi connectivity index (χ0v) is 17.9. The molecule has 1 saturated heterocycles. The van der Waals surface area contributed by atoms with E-state index in [1.165, 1.54) is 0 Å². The van der Waals surface area contributed by atoms with Crippen molar-refractivity contribution in [3.8, 4) is 0 Å². The SMILES string of the molecule is CSC(C)(C)C(CCCCC(C)(C)C)C(=O)N1CCS(=O)(=O)CC1. The second-order valence-electron chi connectivity index (χ2n) is 8.64. The number of thioether (sulfide) groups is 1. The highest BCUT2D eigenvalue weighted by molar-refractivity contribution is 8.00. The van der Waals surface area contributed by atoms with Gasteiger partial charge in [-0.3, -0.25) is 4.79 Å². The van der Waals surface area contributed by atoms with Crippen molar-refractivity contribution in [3.63, 3.8) is 0 Å². The number of amides is 1. The lowest BCUT2D eigenvalue weighted by Crippen LogP contribution is -2.49. The van der Waals surface area contributed by atoms with E-state index in [0.29, 0.717) is 18.5 Å². The van der Waals surface area contributed by atoms with E-state index in [1.54, 1.807) is 16.7 Å². The van der Waals surface area contributed by atoms with Gasteiger partial charge in [0.05, 0.1) is 17.4 Å². The molecule has 24 heavy (non-hydrogen) atoms. The maximum absolute atomic E-state index is 13.0. The van der Waals surface area contributed by atoms with Crippen LogP contribution in [0.4, 0.5) is 0 Å². The molecule has 1 rings (SSSR count). The van der Waals surface area contributed by atoms with Crippen LogP contribution in [0.5, 0.6) is 0 Å². The normalized spacial score (nSPS) is 20.0. The molecule has 1 aliphatic rings. The van der Waals surface area contributed by atoms with Crippen LogP contribution in [-0.2, 0) is 14.6 Å². The number of sulfone groups is 1. The Morgan fingerprint density at radius 2 is 1.62 bits per heavy atom. The molecule has 0 saturated carbocycles. The summed E-state index contributed by atoms with van der Waals surface area (Å²) in [5.41, 5.74) is 0.329. The Bertz CT molecular complexity index is 507. The molecule has 1 amide bonds. The molecule has 0 N–H and O–H groups in total. The molecule has 0 radical (unpaired) electrons. The van der Waals surface area contributed by atoms with Gasteiger partial charge in [0.2, 0.25) is 5.91 Å². The summed E-state index contributed by atoms with van der Waals surface area (Å²) in [4.78, 5) is 14.8. The van der Waals surface area contributed by atoms with Gasteiger partial charge in [0.15, 0.2) is 9.84 Å². The van der Waals surface area contributed by atoms with Crippen LogP contribution < -0.4 is 0 Å². The molecule has 0 aromatic carbocycles. The van der Waals surface area contributed by atoms with Gasteiger partial charge < -0.3 is 4.90 Å².